The van der Waals surface area contributed by atoms with Gasteiger partial charge < -0.3 is 5.73 Å². The Kier molecular flexibility index (Phi) is 4.56. The molecule has 1 aromatic rings. The van der Waals surface area contributed by atoms with Crippen LogP contribution in [0.15, 0.2) is 6.20 Å². The molecular weight excluding hydrogens is 222 g/mol. The molecule has 3 nitrogen and oxygen atoms in total. The van der Waals surface area contributed by atoms with Gasteiger partial charge in [-0.05, 0) is 38.0 Å². The molecule has 0 radical (unpaired) electrons. The van der Waals surface area contributed by atoms with E-state index in [1.54, 1.807) is 6.20 Å². The zero-order chi connectivity index (χ0) is 13.0. The van der Waals surface area contributed by atoms with Gasteiger partial charge in [-0.3, -0.25) is 0 Å². The molecule has 3 heteroatoms. The third-order valence-electron chi connectivity index (χ3n) is 4.19. The van der Waals surface area contributed by atoms with Crippen LogP contribution >= 0.6 is 0 Å². The molecule has 1 aliphatic carbocycles. The summed E-state index contributed by atoms with van der Waals surface area (Å²) in [4.78, 5) is 9.16. The van der Waals surface area contributed by atoms with Crippen molar-refractivity contribution < 1.29 is 0 Å². The van der Waals surface area contributed by atoms with Crippen LogP contribution in [0, 0.1) is 5.92 Å². The minimum absolute atomic E-state index is 0.559. The van der Waals surface area contributed by atoms with Crippen molar-refractivity contribution in [1.82, 2.24) is 9.97 Å². The lowest BCUT2D eigenvalue weighted by Gasteiger charge is -2.27. The molecule has 1 heterocycles. The maximum Gasteiger partial charge on any atom is 0.131 e. The third-order valence-corrected chi connectivity index (χ3v) is 4.19. The van der Waals surface area contributed by atoms with Gasteiger partial charge in [0.15, 0.2) is 0 Å². The number of nitrogens with zero attached hydrogens (tertiary/aromatic N) is 2. The Balaban J connectivity index is 2.07. The topological polar surface area (TPSA) is 51.8 Å². The highest BCUT2D eigenvalue weighted by Gasteiger charge is 2.23. The number of hydrogen-bond donors (Lipinski definition) is 1. The standard InChI is InChI=1S/C15H25N3/c1-3-5-14-13(16)10-17-15(18-14)12-8-6-11(4-2)7-9-12/h10-12H,3-9,16H2,1-2H3. The second kappa shape index (κ2) is 6.17. The Hall–Kier alpha value is -1.12. The Morgan fingerprint density at radius 1 is 1.22 bits per heavy atom. The van der Waals surface area contributed by atoms with E-state index in [1.807, 2.05) is 0 Å². The van der Waals surface area contributed by atoms with Gasteiger partial charge >= 0.3 is 0 Å². The first-order chi connectivity index (χ1) is 8.74. The smallest absolute Gasteiger partial charge is 0.131 e. The highest BCUT2D eigenvalue weighted by molar-refractivity contribution is 5.40. The molecule has 0 unspecified atom stereocenters. The molecule has 0 spiro atoms. The Labute approximate surface area is 110 Å². The van der Waals surface area contributed by atoms with Crippen molar-refractivity contribution in [3.63, 3.8) is 0 Å². The third kappa shape index (κ3) is 3.01. The lowest BCUT2D eigenvalue weighted by molar-refractivity contribution is 0.312. The average Bonchev–Trinajstić information content (AvgIpc) is 2.42. The van der Waals surface area contributed by atoms with Gasteiger partial charge in [-0.25, -0.2) is 9.97 Å². The molecule has 1 aromatic heterocycles. The van der Waals surface area contributed by atoms with Crippen LogP contribution in [0.4, 0.5) is 5.69 Å². The number of anilines is 1. The average molecular weight is 247 g/mol. The molecule has 2 rings (SSSR count). The molecule has 0 aromatic carbocycles. The highest BCUT2D eigenvalue weighted by Crippen LogP contribution is 2.35. The lowest BCUT2D eigenvalue weighted by atomic mass is 9.80. The molecule has 0 amide bonds. The molecule has 2 N–H and O–H groups in total. The van der Waals surface area contributed by atoms with Crippen LogP contribution in [0.25, 0.3) is 0 Å². The minimum Gasteiger partial charge on any atom is -0.396 e. The van der Waals surface area contributed by atoms with E-state index in [1.165, 1.54) is 32.1 Å². The number of hydrogen-bond acceptors (Lipinski definition) is 3. The Bertz CT molecular complexity index is 381. The summed E-state index contributed by atoms with van der Waals surface area (Å²) in [5.41, 5.74) is 7.72. The van der Waals surface area contributed by atoms with Gasteiger partial charge in [0, 0.05) is 5.92 Å². The first kappa shape index (κ1) is 13.3. The van der Waals surface area contributed by atoms with Crippen molar-refractivity contribution in [3.05, 3.63) is 17.7 Å². The van der Waals surface area contributed by atoms with Gasteiger partial charge in [0.1, 0.15) is 5.82 Å². The van der Waals surface area contributed by atoms with Crippen LogP contribution in [0.3, 0.4) is 0 Å². The molecule has 1 fully saturated rings. The number of aryl methyl sites for hydroxylation is 1. The largest absolute Gasteiger partial charge is 0.396 e. The molecule has 0 aliphatic heterocycles. The van der Waals surface area contributed by atoms with E-state index in [9.17, 15) is 0 Å². The maximum absolute atomic E-state index is 5.92. The van der Waals surface area contributed by atoms with Crippen LogP contribution in [-0.2, 0) is 6.42 Å². The summed E-state index contributed by atoms with van der Waals surface area (Å²) in [6, 6.07) is 0. The van der Waals surface area contributed by atoms with Gasteiger partial charge in [0.2, 0.25) is 0 Å². The molecular formula is C15H25N3. The first-order valence-electron chi connectivity index (χ1n) is 7.35. The normalized spacial score (nSPS) is 24.1. The maximum atomic E-state index is 5.92. The van der Waals surface area contributed by atoms with Crippen LogP contribution in [0.5, 0.6) is 0 Å². The van der Waals surface area contributed by atoms with Crippen molar-refractivity contribution in [2.75, 3.05) is 5.73 Å². The Morgan fingerprint density at radius 2 is 1.94 bits per heavy atom. The van der Waals surface area contributed by atoms with Gasteiger partial charge in [-0.15, -0.1) is 0 Å². The van der Waals surface area contributed by atoms with E-state index in [4.69, 9.17) is 10.7 Å². The van der Waals surface area contributed by atoms with Gasteiger partial charge in [0.25, 0.3) is 0 Å². The van der Waals surface area contributed by atoms with Crippen molar-refractivity contribution in [1.29, 1.82) is 0 Å². The first-order valence-corrected chi connectivity index (χ1v) is 7.35. The molecule has 0 bridgehead atoms. The molecule has 0 atom stereocenters. The Morgan fingerprint density at radius 3 is 2.56 bits per heavy atom. The second-order valence-corrected chi connectivity index (χ2v) is 5.51. The second-order valence-electron chi connectivity index (χ2n) is 5.51. The highest BCUT2D eigenvalue weighted by atomic mass is 14.9. The molecule has 18 heavy (non-hydrogen) atoms. The minimum atomic E-state index is 0.559. The summed E-state index contributed by atoms with van der Waals surface area (Å²) in [5, 5.41) is 0. The van der Waals surface area contributed by atoms with E-state index < -0.39 is 0 Å². The molecule has 100 valence electrons. The lowest BCUT2D eigenvalue weighted by Crippen LogP contribution is -2.16. The summed E-state index contributed by atoms with van der Waals surface area (Å²) in [5.74, 6) is 2.51. The van der Waals surface area contributed by atoms with Crippen LogP contribution in [-0.4, -0.2) is 9.97 Å². The van der Waals surface area contributed by atoms with Crippen LogP contribution in [0.2, 0.25) is 0 Å². The quantitative estimate of drug-likeness (QED) is 0.882. The van der Waals surface area contributed by atoms with Crippen molar-refractivity contribution in [2.24, 2.45) is 5.92 Å². The molecule has 0 saturated heterocycles. The van der Waals surface area contributed by atoms with E-state index in [0.29, 0.717) is 5.92 Å². The fraction of sp³-hybridized carbons (Fsp3) is 0.733. The summed E-state index contributed by atoms with van der Waals surface area (Å²) < 4.78 is 0. The van der Waals surface area contributed by atoms with Crippen LogP contribution < -0.4 is 5.73 Å². The predicted molar refractivity (Wildman–Crippen MR) is 75.4 cm³/mol. The summed E-state index contributed by atoms with van der Waals surface area (Å²) >= 11 is 0. The van der Waals surface area contributed by atoms with Gasteiger partial charge in [-0.1, -0.05) is 26.7 Å². The zero-order valence-electron chi connectivity index (χ0n) is 11.7. The number of nitrogens with two attached hydrogens (primary N) is 1. The van der Waals surface area contributed by atoms with E-state index in [-0.39, 0.29) is 0 Å². The summed E-state index contributed by atoms with van der Waals surface area (Å²) in [6.07, 6.45) is 10.3. The van der Waals surface area contributed by atoms with Crippen molar-refractivity contribution in [2.45, 2.75) is 64.7 Å². The zero-order valence-corrected chi connectivity index (χ0v) is 11.7. The van der Waals surface area contributed by atoms with Gasteiger partial charge in [0.05, 0.1) is 17.6 Å². The molecule has 1 aliphatic rings. The van der Waals surface area contributed by atoms with Crippen molar-refractivity contribution in [3.8, 4) is 0 Å². The van der Waals surface area contributed by atoms with E-state index >= 15 is 0 Å². The van der Waals surface area contributed by atoms with E-state index in [0.717, 1.165) is 36.0 Å². The number of nitrogen functional groups attached to an aromatic ring is 1. The fourth-order valence-electron chi connectivity index (χ4n) is 2.90. The van der Waals surface area contributed by atoms with Crippen molar-refractivity contribution >= 4 is 5.69 Å². The number of rotatable bonds is 4. The van der Waals surface area contributed by atoms with Gasteiger partial charge in [-0.2, -0.15) is 0 Å². The summed E-state index contributed by atoms with van der Waals surface area (Å²) in [7, 11) is 0. The predicted octanol–water partition coefficient (Wildman–Crippen LogP) is 3.70. The monoisotopic (exact) mass is 247 g/mol. The SMILES string of the molecule is CCCc1nc(C2CCC(CC)CC2)ncc1N. The fourth-order valence-corrected chi connectivity index (χ4v) is 2.90. The number of aromatic nitrogens is 2. The summed E-state index contributed by atoms with van der Waals surface area (Å²) in [6.45, 7) is 4.46. The van der Waals surface area contributed by atoms with Crippen LogP contribution in [0.1, 0.15) is 69.8 Å². The molecule has 1 saturated carbocycles. The van der Waals surface area contributed by atoms with E-state index in [2.05, 4.69) is 18.8 Å².